The molecule has 0 aliphatic rings. The van der Waals surface area contributed by atoms with Crippen LogP contribution in [0, 0.1) is 6.92 Å². The van der Waals surface area contributed by atoms with E-state index in [1.54, 1.807) is 12.1 Å². The minimum Gasteiger partial charge on any atom is -0.507 e. The van der Waals surface area contributed by atoms with Crippen molar-refractivity contribution < 1.29 is 9.90 Å². The van der Waals surface area contributed by atoms with Crippen molar-refractivity contribution in [2.75, 3.05) is 0 Å². The Morgan fingerprint density at radius 1 is 1.50 bits per heavy atom. The van der Waals surface area contributed by atoms with Gasteiger partial charge in [0.15, 0.2) is 5.78 Å². The molecule has 1 N–H and O–H groups in total. The summed E-state index contributed by atoms with van der Waals surface area (Å²) in [5.74, 6) is 0.0566. The van der Waals surface area contributed by atoms with Gasteiger partial charge in [-0.05, 0) is 47.5 Å². The Balaban J connectivity index is 3.37. The number of halogens is 1. The van der Waals surface area contributed by atoms with E-state index >= 15 is 0 Å². The number of phenols is 1. The first-order chi connectivity index (χ1) is 5.52. The number of hydrogen-bond acceptors (Lipinski definition) is 2. The number of aromatic hydroxyl groups is 1. The second-order valence-corrected chi connectivity index (χ2v) is 3.49. The summed E-state index contributed by atoms with van der Waals surface area (Å²) >= 11 is 3.14. The number of carbonyl (C=O) groups excluding carboxylic acids is 1. The van der Waals surface area contributed by atoms with Crippen LogP contribution in [0.2, 0.25) is 0 Å². The van der Waals surface area contributed by atoms with Crippen LogP contribution in [-0.2, 0) is 0 Å². The summed E-state index contributed by atoms with van der Waals surface area (Å²) in [7, 11) is 0. The van der Waals surface area contributed by atoms with Crippen LogP contribution in [0.25, 0.3) is 0 Å². The van der Waals surface area contributed by atoms with Crippen LogP contribution in [0.4, 0.5) is 0 Å². The first-order valence-corrected chi connectivity index (χ1v) is 4.31. The van der Waals surface area contributed by atoms with Gasteiger partial charge in [-0.25, -0.2) is 0 Å². The van der Waals surface area contributed by atoms with Crippen molar-refractivity contribution in [3.63, 3.8) is 0 Å². The van der Waals surface area contributed by atoms with Crippen molar-refractivity contribution in [2.24, 2.45) is 0 Å². The Morgan fingerprint density at radius 3 is 2.58 bits per heavy atom. The fourth-order valence-electron chi connectivity index (χ4n) is 1.01. The average Bonchev–Trinajstić information content (AvgIpc) is 1.96. The van der Waals surface area contributed by atoms with Gasteiger partial charge in [0, 0.05) is 5.56 Å². The molecule has 0 atom stereocenters. The molecule has 12 heavy (non-hydrogen) atoms. The van der Waals surface area contributed by atoms with Gasteiger partial charge in [-0.2, -0.15) is 0 Å². The van der Waals surface area contributed by atoms with E-state index in [9.17, 15) is 9.90 Å². The van der Waals surface area contributed by atoms with E-state index in [1.165, 1.54) is 6.92 Å². The number of phenolic OH excluding ortho intramolecular Hbond substituents is 1. The Morgan fingerprint density at radius 2 is 2.08 bits per heavy atom. The third kappa shape index (κ3) is 1.67. The average molecular weight is 229 g/mol. The lowest BCUT2D eigenvalue weighted by atomic mass is 10.1. The predicted molar refractivity (Wildman–Crippen MR) is 50.5 cm³/mol. The smallest absolute Gasteiger partial charge is 0.161 e. The molecule has 0 heterocycles. The first-order valence-electron chi connectivity index (χ1n) is 3.52. The van der Waals surface area contributed by atoms with Gasteiger partial charge in [0.2, 0.25) is 0 Å². The molecule has 0 aliphatic carbocycles. The van der Waals surface area contributed by atoms with Crippen LogP contribution >= 0.6 is 15.9 Å². The first kappa shape index (κ1) is 9.26. The highest BCUT2D eigenvalue weighted by molar-refractivity contribution is 9.10. The van der Waals surface area contributed by atoms with E-state index in [1.807, 2.05) is 6.92 Å². The second-order valence-electron chi connectivity index (χ2n) is 2.70. The Bertz CT molecular complexity index is 332. The highest BCUT2D eigenvalue weighted by Gasteiger charge is 2.09. The molecule has 0 aliphatic heterocycles. The van der Waals surface area contributed by atoms with Crippen molar-refractivity contribution >= 4 is 21.7 Å². The zero-order valence-corrected chi connectivity index (χ0v) is 8.47. The molecule has 0 radical (unpaired) electrons. The standard InChI is InChI=1S/C9H9BrO2/c1-5-3-7(6(2)11)9(10)8(12)4-5/h3-4,12H,1-2H3. The highest BCUT2D eigenvalue weighted by Crippen LogP contribution is 2.29. The van der Waals surface area contributed by atoms with Crippen molar-refractivity contribution in [3.05, 3.63) is 27.7 Å². The van der Waals surface area contributed by atoms with Crippen molar-refractivity contribution in [2.45, 2.75) is 13.8 Å². The molecule has 1 aromatic rings. The lowest BCUT2D eigenvalue weighted by molar-refractivity contribution is 0.101. The molecule has 1 rings (SSSR count). The van der Waals surface area contributed by atoms with Gasteiger partial charge in [0.25, 0.3) is 0 Å². The summed E-state index contributed by atoms with van der Waals surface area (Å²) in [6.07, 6.45) is 0. The maximum atomic E-state index is 11.0. The summed E-state index contributed by atoms with van der Waals surface area (Å²) in [4.78, 5) is 11.0. The molecule has 0 unspecified atom stereocenters. The van der Waals surface area contributed by atoms with Crippen molar-refractivity contribution in [3.8, 4) is 5.75 Å². The molecule has 64 valence electrons. The highest BCUT2D eigenvalue weighted by atomic mass is 79.9. The van der Waals surface area contributed by atoms with E-state index < -0.39 is 0 Å². The molecule has 3 heteroatoms. The molecular weight excluding hydrogens is 220 g/mol. The van der Waals surface area contributed by atoms with E-state index in [2.05, 4.69) is 15.9 Å². The number of hydrogen-bond donors (Lipinski definition) is 1. The molecule has 0 spiro atoms. The van der Waals surface area contributed by atoms with Gasteiger partial charge in [-0.15, -0.1) is 0 Å². The summed E-state index contributed by atoms with van der Waals surface area (Å²) in [6.45, 7) is 3.30. The lowest BCUT2D eigenvalue weighted by Gasteiger charge is -2.03. The van der Waals surface area contributed by atoms with E-state index in [0.717, 1.165) is 5.56 Å². The Kier molecular flexibility index (Phi) is 2.52. The molecule has 0 bridgehead atoms. The van der Waals surface area contributed by atoms with Crippen LogP contribution in [-0.4, -0.2) is 10.9 Å². The topological polar surface area (TPSA) is 37.3 Å². The Labute approximate surface area is 79.3 Å². The van der Waals surface area contributed by atoms with Crippen LogP contribution in [0.1, 0.15) is 22.8 Å². The van der Waals surface area contributed by atoms with Gasteiger partial charge in [-0.1, -0.05) is 0 Å². The molecule has 0 saturated heterocycles. The fraction of sp³-hybridized carbons (Fsp3) is 0.222. The molecule has 2 nitrogen and oxygen atoms in total. The summed E-state index contributed by atoms with van der Waals surface area (Å²) < 4.78 is 0.473. The summed E-state index contributed by atoms with van der Waals surface area (Å²) in [5.41, 5.74) is 1.40. The Hall–Kier alpha value is -0.830. The van der Waals surface area contributed by atoms with Crippen molar-refractivity contribution in [1.82, 2.24) is 0 Å². The summed E-state index contributed by atoms with van der Waals surface area (Å²) in [6, 6.07) is 3.35. The van der Waals surface area contributed by atoms with Crippen LogP contribution in [0.3, 0.4) is 0 Å². The van der Waals surface area contributed by atoms with Crippen LogP contribution in [0.5, 0.6) is 5.75 Å². The van der Waals surface area contributed by atoms with Crippen LogP contribution < -0.4 is 0 Å². The third-order valence-corrected chi connectivity index (χ3v) is 2.41. The van der Waals surface area contributed by atoms with E-state index in [0.29, 0.717) is 10.0 Å². The van der Waals surface area contributed by atoms with Gasteiger partial charge in [0.1, 0.15) is 5.75 Å². The SMILES string of the molecule is CC(=O)c1cc(C)cc(O)c1Br. The fourth-order valence-corrected chi connectivity index (χ4v) is 1.51. The van der Waals surface area contributed by atoms with E-state index in [4.69, 9.17) is 0 Å². The minimum absolute atomic E-state index is 0.0547. The number of Topliss-reactive ketones (excluding diaryl/α,β-unsaturated/α-hetero) is 1. The molecule has 1 aromatic carbocycles. The maximum absolute atomic E-state index is 11.0. The largest absolute Gasteiger partial charge is 0.507 e. The normalized spacial score (nSPS) is 9.92. The number of aryl methyl sites for hydroxylation is 1. The predicted octanol–water partition coefficient (Wildman–Crippen LogP) is 2.67. The van der Waals surface area contributed by atoms with Gasteiger partial charge in [0.05, 0.1) is 4.47 Å². The number of ketones is 1. The zero-order chi connectivity index (χ0) is 9.30. The molecule has 0 amide bonds. The summed E-state index contributed by atoms with van der Waals surface area (Å²) in [5, 5.41) is 9.33. The molecular formula is C9H9BrO2. The number of benzene rings is 1. The quantitative estimate of drug-likeness (QED) is 0.751. The van der Waals surface area contributed by atoms with Crippen molar-refractivity contribution in [1.29, 1.82) is 0 Å². The third-order valence-electron chi connectivity index (χ3n) is 1.58. The maximum Gasteiger partial charge on any atom is 0.161 e. The van der Waals surface area contributed by atoms with E-state index in [-0.39, 0.29) is 11.5 Å². The monoisotopic (exact) mass is 228 g/mol. The minimum atomic E-state index is -0.0547. The lowest BCUT2D eigenvalue weighted by Crippen LogP contribution is -1.94. The zero-order valence-electron chi connectivity index (χ0n) is 6.89. The van der Waals surface area contributed by atoms with Crippen LogP contribution in [0.15, 0.2) is 16.6 Å². The number of rotatable bonds is 1. The van der Waals surface area contributed by atoms with Gasteiger partial charge >= 0.3 is 0 Å². The van der Waals surface area contributed by atoms with Gasteiger partial charge < -0.3 is 5.11 Å². The molecule has 0 saturated carbocycles. The molecule has 0 aromatic heterocycles. The number of carbonyl (C=O) groups is 1. The van der Waals surface area contributed by atoms with Gasteiger partial charge in [-0.3, -0.25) is 4.79 Å². The molecule has 0 fully saturated rings. The second kappa shape index (κ2) is 3.27.